The average molecular weight is 302 g/mol. The second-order valence-corrected chi connectivity index (χ2v) is 0. The Morgan fingerprint density at radius 3 is 0.500 bits per heavy atom. The second kappa shape index (κ2) is 17.4. The topological polar surface area (TPSA) is 0 Å². The molecule has 0 aromatic rings. The summed E-state index contributed by atoms with van der Waals surface area (Å²) >= 11 is 0. The quantitative estimate of drug-likeness (QED) is 0.496. The molecule has 0 nitrogen and oxygen atoms in total. The first-order chi connectivity index (χ1) is 0. The van der Waals surface area contributed by atoms with Gasteiger partial charge in [-0.05, 0) is 0 Å². The molecule has 0 amide bonds. The van der Waals surface area contributed by atoms with Crippen molar-refractivity contribution < 1.29 is 22.4 Å². The Morgan fingerprint density at radius 2 is 0.500 bits per heavy atom. The first kappa shape index (κ1) is 30.2. The van der Waals surface area contributed by atoms with Crippen molar-refractivity contribution in [3.63, 3.8) is 0 Å². The summed E-state index contributed by atoms with van der Waals surface area (Å²) in [5.41, 5.74) is 0. The summed E-state index contributed by atoms with van der Waals surface area (Å²) in [6, 6.07) is 0. The van der Waals surface area contributed by atoms with Gasteiger partial charge in [0.15, 0.2) is 0 Å². The molecule has 0 N–H and O–H groups in total. The monoisotopic (exact) mass is 300 g/mol. The zero-order chi connectivity index (χ0) is 0. The van der Waals surface area contributed by atoms with Crippen molar-refractivity contribution in [2.45, 2.75) is 0 Å². The van der Waals surface area contributed by atoms with Gasteiger partial charge in [-0.2, -0.15) is 0 Å². The van der Waals surface area contributed by atoms with Crippen molar-refractivity contribution in [1.29, 1.82) is 0 Å². The van der Waals surface area contributed by atoms with Crippen LogP contribution >= 0.6 is 0 Å². The summed E-state index contributed by atoms with van der Waals surface area (Å²) in [6.45, 7) is 0. The Bertz CT molecular complexity index is 3.25. The Morgan fingerprint density at radius 1 is 0.500 bits per heavy atom. The number of rotatable bonds is 0. The van der Waals surface area contributed by atoms with Crippen LogP contribution in [0.5, 0.6) is 0 Å². The zero-order valence-corrected chi connectivity index (χ0v) is 11.6. The summed E-state index contributed by atoms with van der Waals surface area (Å²) in [7, 11) is 0. The van der Waals surface area contributed by atoms with Crippen LogP contribution in [-0.4, -0.2) is 59.4 Å². The molecule has 4 heavy (non-hydrogen) atoms. The fourth-order valence-corrected chi connectivity index (χ4v) is 0. The van der Waals surface area contributed by atoms with Crippen molar-refractivity contribution in [1.82, 2.24) is 0 Å². The van der Waals surface area contributed by atoms with Crippen LogP contribution in [0.3, 0.4) is 0 Å². The van der Waals surface area contributed by atoms with E-state index in [1.54, 1.807) is 0 Å². The molecule has 0 saturated carbocycles. The molecular formula is Ga3Nb. The van der Waals surface area contributed by atoms with Crippen molar-refractivity contribution >= 4 is 59.4 Å². The van der Waals surface area contributed by atoms with Gasteiger partial charge in [-0.25, -0.2) is 0 Å². The van der Waals surface area contributed by atoms with Crippen LogP contribution in [-0.2, 0) is 22.4 Å². The van der Waals surface area contributed by atoms with E-state index in [-0.39, 0.29) is 81.8 Å². The van der Waals surface area contributed by atoms with Crippen LogP contribution in [0.2, 0.25) is 0 Å². The maximum absolute atomic E-state index is 0. The third kappa shape index (κ3) is 8.82. The first-order valence-corrected chi connectivity index (χ1v) is 0. The van der Waals surface area contributed by atoms with E-state index in [0.29, 0.717) is 0 Å². The Hall–Kier alpha value is 2.65. The molecule has 0 saturated heterocycles. The van der Waals surface area contributed by atoms with Crippen LogP contribution in [0, 0.1) is 0 Å². The zero-order valence-electron chi connectivity index (χ0n) is 2.18. The molecule has 10 radical (unpaired) electrons. The molecule has 0 aliphatic carbocycles. The summed E-state index contributed by atoms with van der Waals surface area (Å²) in [4.78, 5) is 0. The third-order valence-corrected chi connectivity index (χ3v) is 0. The minimum Gasteiger partial charge on any atom is 0 e. The van der Waals surface area contributed by atoms with E-state index < -0.39 is 0 Å². The minimum absolute atomic E-state index is 0. The third-order valence-electron chi connectivity index (χ3n) is 0. The van der Waals surface area contributed by atoms with Crippen LogP contribution in [0.15, 0.2) is 0 Å². The smallest absolute Gasteiger partial charge is 0 e. The molecule has 0 aliphatic rings. The molecule has 0 aromatic heterocycles. The molecule has 0 atom stereocenters. The van der Waals surface area contributed by atoms with E-state index in [4.69, 9.17) is 0 Å². The molecule has 4 heteroatoms. The van der Waals surface area contributed by atoms with Gasteiger partial charge in [0.05, 0.1) is 0 Å². The Balaban J connectivity index is 0. The normalized spacial score (nSPS) is 0. The summed E-state index contributed by atoms with van der Waals surface area (Å²) in [5, 5.41) is 0. The van der Waals surface area contributed by atoms with E-state index >= 15 is 0 Å². The van der Waals surface area contributed by atoms with Crippen LogP contribution < -0.4 is 0 Å². The maximum atomic E-state index is 0. The van der Waals surface area contributed by atoms with Gasteiger partial charge in [-0.15, -0.1) is 0 Å². The number of hydrogen-bond donors (Lipinski definition) is 0. The maximum Gasteiger partial charge on any atom is 0 e. The van der Waals surface area contributed by atoms with Crippen LogP contribution in [0.4, 0.5) is 0 Å². The molecule has 0 unspecified atom stereocenters. The molecule has 0 rings (SSSR count). The van der Waals surface area contributed by atoms with Gasteiger partial charge in [-0.3, -0.25) is 0 Å². The van der Waals surface area contributed by atoms with Crippen molar-refractivity contribution in [2.75, 3.05) is 0 Å². The largest absolute Gasteiger partial charge is 0 e. The predicted octanol–water partition coefficient (Wildman–Crippen LogP) is -1.14. The van der Waals surface area contributed by atoms with Crippen molar-refractivity contribution in [2.24, 2.45) is 0 Å². The molecule has 0 fully saturated rings. The van der Waals surface area contributed by atoms with Gasteiger partial charge in [0.25, 0.3) is 0 Å². The van der Waals surface area contributed by atoms with Gasteiger partial charge >= 0.3 is 0 Å². The van der Waals surface area contributed by atoms with E-state index in [2.05, 4.69) is 0 Å². The fraction of sp³-hybridized carbons (Fsp3) is 0. The van der Waals surface area contributed by atoms with Gasteiger partial charge in [0, 0.05) is 81.8 Å². The fourth-order valence-electron chi connectivity index (χ4n) is 0. The van der Waals surface area contributed by atoms with Crippen LogP contribution in [0.25, 0.3) is 0 Å². The summed E-state index contributed by atoms with van der Waals surface area (Å²) < 4.78 is 0. The van der Waals surface area contributed by atoms with E-state index in [1.165, 1.54) is 0 Å². The Kier molecular flexibility index (Phi) is 132. The van der Waals surface area contributed by atoms with Gasteiger partial charge in [0.2, 0.25) is 0 Å². The standard InChI is InChI=1S/3Ga.Nb. The SMILES string of the molecule is [Ga].[Ga].[Ga].[Nb]. The van der Waals surface area contributed by atoms with Gasteiger partial charge in [0.1, 0.15) is 0 Å². The Labute approximate surface area is 80.5 Å². The van der Waals surface area contributed by atoms with E-state index in [1.807, 2.05) is 0 Å². The van der Waals surface area contributed by atoms with E-state index in [9.17, 15) is 0 Å². The summed E-state index contributed by atoms with van der Waals surface area (Å²) in [5.74, 6) is 0. The molecule has 0 spiro atoms. The molecule has 14 valence electrons. The summed E-state index contributed by atoms with van der Waals surface area (Å²) in [6.07, 6.45) is 0. The second-order valence-electron chi connectivity index (χ2n) is 0. The molecule has 0 aliphatic heterocycles. The first-order valence-electron chi connectivity index (χ1n) is 0. The molecular weight excluding hydrogens is 302 g/mol. The van der Waals surface area contributed by atoms with E-state index in [0.717, 1.165) is 0 Å². The van der Waals surface area contributed by atoms with Gasteiger partial charge in [-0.1, -0.05) is 0 Å². The van der Waals surface area contributed by atoms with Gasteiger partial charge < -0.3 is 0 Å². The van der Waals surface area contributed by atoms with Crippen LogP contribution in [0.1, 0.15) is 0 Å². The predicted molar refractivity (Wildman–Crippen MR) is 17.3 cm³/mol. The molecule has 0 heterocycles. The van der Waals surface area contributed by atoms with Crippen molar-refractivity contribution in [3.05, 3.63) is 0 Å². The molecule has 0 bridgehead atoms. The number of hydrogen-bond acceptors (Lipinski definition) is 0. The average Bonchev–Trinajstić information content (AvgIpc) is 0. The molecule has 0 aromatic carbocycles. The minimum atomic E-state index is 0. The van der Waals surface area contributed by atoms with Crippen molar-refractivity contribution in [3.8, 4) is 0 Å².